The van der Waals surface area contributed by atoms with Gasteiger partial charge in [0, 0.05) is 22.7 Å². The fraction of sp³-hybridized carbons (Fsp3) is 0.345. The molecule has 0 spiro atoms. The van der Waals surface area contributed by atoms with Crippen LogP contribution >= 0.6 is 23.2 Å². The van der Waals surface area contributed by atoms with Crippen molar-refractivity contribution in [2.45, 2.75) is 50.9 Å². The first-order valence-corrected chi connectivity index (χ1v) is 13.3. The van der Waals surface area contributed by atoms with Crippen molar-refractivity contribution >= 4 is 46.8 Å². The number of carbonyl (C=O) groups is 2. The molecule has 0 radical (unpaired) electrons. The van der Waals surface area contributed by atoms with Crippen molar-refractivity contribution in [2.24, 2.45) is 10.8 Å². The molecule has 190 valence electrons. The smallest absolute Gasteiger partial charge is 0.335 e. The van der Waals surface area contributed by atoms with Crippen molar-refractivity contribution in [1.29, 1.82) is 0 Å². The fourth-order valence-electron chi connectivity index (χ4n) is 6.06. The van der Waals surface area contributed by atoms with Crippen LogP contribution in [-0.2, 0) is 4.79 Å². The van der Waals surface area contributed by atoms with Gasteiger partial charge in [-0.05, 0) is 80.7 Å². The molecule has 1 heterocycles. The molecule has 2 bridgehead atoms. The Morgan fingerprint density at radius 3 is 2.43 bits per heavy atom. The zero-order valence-corrected chi connectivity index (χ0v) is 21.6. The van der Waals surface area contributed by atoms with Gasteiger partial charge < -0.3 is 14.9 Å². The third-order valence-electron chi connectivity index (χ3n) is 8.25. The number of allylic oxidation sites excluding steroid dienone is 1. The molecule has 6 nitrogen and oxygen atoms in total. The Balaban J connectivity index is 1.26. The third-order valence-corrected chi connectivity index (χ3v) is 8.88. The normalized spacial score (nSPS) is 24.6. The maximum atomic E-state index is 13.4. The van der Waals surface area contributed by atoms with Crippen LogP contribution in [0.25, 0.3) is 17.3 Å². The van der Waals surface area contributed by atoms with Crippen LogP contribution < -0.4 is 5.32 Å². The average molecular weight is 537 g/mol. The molecule has 1 amide bonds. The second-order valence-corrected chi connectivity index (χ2v) is 11.5. The summed E-state index contributed by atoms with van der Waals surface area (Å²) in [5.41, 5.74) is 2.38. The van der Waals surface area contributed by atoms with E-state index >= 15 is 0 Å². The Labute approximate surface area is 224 Å². The molecule has 1 aromatic heterocycles. The van der Waals surface area contributed by atoms with Crippen LogP contribution in [0.4, 0.5) is 5.69 Å². The van der Waals surface area contributed by atoms with Crippen molar-refractivity contribution in [3.8, 4) is 11.3 Å². The molecule has 3 aromatic rings. The molecule has 0 saturated heterocycles. The molecule has 2 N–H and O–H groups in total. The summed E-state index contributed by atoms with van der Waals surface area (Å²) >= 11 is 13.0. The quantitative estimate of drug-likeness (QED) is 0.321. The maximum absolute atomic E-state index is 13.4. The number of carboxylic acid groups (broad SMARTS) is 1. The van der Waals surface area contributed by atoms with E-state index in [0.717, 1.165) is 56.3 Å². The lowest BCUT2D eigenvalue weighted by atomic mass is 9.81. The van der Waals surface area contributed by atoms with E-state index in [1.807, 2.05) is 6.07 Å². The summed E-state index contributed by atoms with van der Waals surface area (Å²) in [5.74, 6) is 0.183. The molecule has 0 unspecified atom stereocenters. The van der Waals surface area contributed by atoms with Gasteiger partial charge in [-0.1, -0.05) is 52.6 Å². The predicted molar refractivity (Wildman–Crippen MR) is 143 cm³/mol. The number of carboxylic acids is 1. The molecule has 2 aromatic carbocycles. The number of aromatic nitrogens is 1. The van der Waals surface area contributed by atoms with Gasteiger partial charge in [-0.3, -0.25) is 4.79 Å². The SMILES string of the molecule is O=C(O)c1cccc(NC(=O)C23CCC(C=Cc4c(-c5c(Cl)cccc5Cl)noc4C4CC4)(CC2)C3)c1. The molecule has 0 aliphatic heterocycles. The zero-order valence-electron chi connectivity index (χ0n) is 20.1. The Kier molecular flexibility index (Phi) is 5.92. The van der Waals surface area contributed by atoms with Crippen molar-refractivity contribution in [2.75, 3.05) is 5.32 Å². The summed E-state index contributed by atoms with van der Waals surface area (Å²) < 4.78 is 5.80. The van der Waals surface area contributed by atoms with Crippen LogP contribution in [0.2, 0.25) is 10.0 Å². The number of carbonyl (C=O) groups excluding carboxylic acids is 1. The maximum Gasteiger partial charge on any atom is 0.335 e. The van der Waals surface area contributed by atoms with Crippen molar-refractivity contribution in [3.05, 3.63) is 75.5 Å². The minimum absolute atomic E-state index is 0.0324. The number of benzene rings is 2. The second-order valence-electron chi connectivity index (χ2n) is 10.7. The fourth-order valence-corrected chi connectivity index (χ4v) is 6.63. The first kappa shape index (κ1) is 24.3. The van der Waals surface area contributed by atoms with Gasteiger partial charge in [-0.2, -0.15) is 0 Å². The first-order valence-electron chi connectivity index (χ1n) is 12.6. The van der Waals surface area contributed by atoms with Crippen molar-refractivity contribution in [1.82, 2.24) is 5.16 Å². The third kappa shape index (κ3) is 4.36. The number of fused-ring (bicyclic) bond motifs is 2. The van der Waals surface area contributed by atoms with Gasteiger partial charge in [0.15, 0.2) is 0 Å². The number of hydrogen-bond acceptors (Lipinski definition) is 4. The first-order chi connectivity index (χ1) is 17.8. The molecule has 3 aliphatic rings. The average Bonchev–Trinajstić information content (AvgIpc) is 3.38. The Hall–Kier alpha value is -3.09. The summed E-state index contributed by atoms with van der Waals surface area (Å²) in [6.45, 7) is 0. The van der Waals surface area contributed by atoms with Crippen molar-refractivity contribution in [3.63, 3.8) is 0 Å². The van der Waals surface area contributed by atoms with Gasteiger partial charge in [-0.15, -0.1) is 0 Å². The van der Waals surface area contributed by atoms with Crippen LogP contribution in [0.3, 0.4) is 0 Å². The number of hydrogen-bond donors (Lipinski definition) is 2. The lowest BCUT2D eigenvalue weighted by Gasteiger charge is -2.25. The van der Waals surface area contributed by atoms with E-state index in [1.54, 1.807) is 24.3 Å². The molecular formula is C29H26Cl2N2O4. The Morgan fingerprint density at radius 1 is 1.05 bits per heavy atom. The number of rotatable bonds is 7. The van der Waals surface area contributed by atoms with Gasteiger partial charge in [-0.25, -0.2) is 4.79 Å². The molecule has 3 aliphatic carbocycles. The van der Waals surface area contributed by atoms with E-state index in [0.29, 0.717) is 32.9 Å². The summed E-state index contributed by atoms with van der Waals surface area (Å²) in [4.78, 5) is 24.7. The van der Waals surface area contributed by atoms with Gasteiger partial charge >= 0.3 is 5.97 Å². The molecule has 8 heteroatoms. The molecule has 0 atom stereocenters. The van der Waals surface area contributed by atoms with E-state index in [2.05, 4.69) is 22.6 Å². The van der Waals surface area contributed by atoms with Crippen LogP contribution in [-0.4, -0.2) is 22.1 Å². The highest BCUT2D eigenvalue weighted by Gasteiger charge is 2.56. The van der Waals surface area contributed by atoms with Crippen LogP contribution in [0.1, 0.15) is 72.5 Å². The van der Waals surface area contributed by atoms with E-state index in [9.17, 15) is 14.7 Å². The largest absolute Gasteiger partial charge is 0.478 e. The molecular weight excluding hydrogens is 511 g/mol. The highest BCUT2D eigenvalue weighted by molar-refractivity contribution is 6.39. The van der Waals surface area contributed by atoms with Gasteiger partial charge in [0.1, 0.15) is 11.5 Å². The summed E-state index contributed by atoms with van der Waals surface area (Å²) in [5, 5.41) is 17.7. The Bertz CT molecular complexity index is 1410. The van der Waals surface area contributed by atoms with Gasteiger partial charge in [0.05, 0.1) is 21.0 Å². The number of anilines is 1. The van der Waals surface area contributed by atoms with Gasteiger partial charge in [0.25, 0.3) is 0 Å². The summed E-state index contributed by atoms with van der Waals surface area (Å²) in [6, 6.07) is 11.8. The summed E-state index contributed by atoms with van der Waals surface area (Å²) in [7, 11) is 0. The molecule has 37 heavy (non-hydrogen) atoms. The standard InChI is InChI=1S/C29H26Cl2N2O4/c30-21-5-2-6-22(31)23(21)24-20(25(37-33-24)17-7-8-17)9-10-28-11-13-29(16-28,14-12-28)27(36)32-19-4-1-3-18(15-19)26(34)35/h1-6,9-10,15,17H,7-8,11-14,16H2,(H,32,36)(H,34,35). The number of aromatic carboxylic acids is 1. The summed E-state index contributed by atoms with van der Waals surface area (Å²) in [6.07, 6.45) is 10.7. The Morgan fingerprint density at radius 2 is 1.76 bits per heavy atom. The van der Waals surface area contributed by atoms with E-state index in [1.165, 1.54) is 12.1 Å². The van der Waals surface area contributed by atoms with Gasteiger partial charge in [0.2, 0.25) is 5.91 Å². The van der Waals surface area contributed by atoms with Crippen LogP contribution in [0.15, 0.2) is 53.1 Å². The van der Waals surface area contributed by atoms with Crippen LogP contribution in [0.5, 0.6) is 0 Å². The lowest BCUT2D eigenvalue weighted by Crippen LogP contribution is -2.32. The molecule has 3 saturated carbocycles. The minimum Gasteiger partial charge on any atom is -0.478 e. The van der Waals surface area contributed by atoms with Crippen molar-refractivity contribution < 1.29 is 19.2 Å². The van der Waals surface area contributed by atoms with Crippen LogP contribution in [0, 0.1) is 10.8 Å². The number of amides is 1. The monoisotopic (exact) mass is 536 g/mol. The number of nitrogens with zero attached hydrogens (tertiary/aromatic N) is 1. The zero-order chi connectivity index (χ0) is 25.8. The minimum atomic E-state index is -1.02. The lowest BCUT2D eigenvalue weighted by molar-refractivity contribution is -0.125. The topological polar surface area (TPSA) is 92.4 Å². The van der Waals surface area contributed by atoms with E-state index in [4.69, 9.17) is 27.7 Å². The predicted octanol–water partition coefficient (Wildman–Crippen LogP) is 7.83. The number of halogens is 2. The highest BCUT2D eigenvalue weighted by Crippen LogP contribution is 2.63. The number of nitrogens with one attached hydrogen (secondary N) is 1. The molecule has 3 fully saturated rings. The highest BCUT2D eigenvalue weighted by atomic mass is 35.5. The second kappa shape index (κ2) is 9.03. The van der Waals surface area contributed by atoms with E-state index in [-0.39, 0.29) is 16.9 Å². The molecule has 6 rings (SSSR count). The van der Waals surface area contributed by atoms with E-state index < -0.39 is 11.4 Å².